The van der Waals surface area contributed by atoms with Crippen molar-refractivity contribution in [2.24, 2.45) is 0 Å². The summed E-state index contributed by atoms with van der Waals surface area (Å²) in [6.45, 7) is 3.80. The number of amides is 1. The highest BCUT2D eigenvalue weighted by molar-refractivity contribution is 7.38. The van der Waals surface area contributed by atoms with Crippen LogP contribution in [-0.4, -0.2) is 22.2 Å². The molecule has 9 heteroatoms. The van der Waals surface area contributed by atoms with Gasteiger partial charge in [-0.15, -0.1) is 22.7 Å². The van der Waals surface area contributed by atoms with Crippen LogP contribution in [0.4, 0.5) is 10.5 Å². The topological polar surface area (TPSA) is 102 Å². The van der Waals surface area contributed by atoms with Crippen molar-refractivity contribution >= 4 is 60.9 Å². The number of carbonyl (C=O) groups excluding carboxylic acids is 1. The van der Waals surface area contributed by atoms with Crippen LogP contribution in [0.25, 0.3) is 20.5 Å². The minimum Gasteiger partial charge on any atom is -0.481 e. The van der Waals surface area contributed by atoms with Crippen LogP contribution in [0.1, 0.15) is 52.5 Å². The number of thiophene rings is 2. The second kappa shape index (κ2) is 9.31. The molecule has 7 nitrogen and oxygen atoms in total. The molecule has 1 saturated carbocycles. The Morgan fingerprint density at radius 1 is 1.16 bits per heavy atom. The van der Waals surface area contributed by atoms with E-state index in [2.05, 4.69) is 22.1 Å². The zero-order valence-corrected chi connectivity index (χ0v) is 22.2. The SMILES string of the molecule is Cc1ccccc1C(C)OC(=O)Nc1c(C#Cc2cc3cc(C4(C(=O)O)CC4)sc3s2)oc2ncccc12. The summed E-state index contributed by atoms with van der Waals surface area (Å²) >= 11 is 3.03. The van der Waals surface area contributed by atoms with E-state index in [9.17, 15) is 14.7 Å². The lowest BCUT2D eigenvalue weighted by Crippen LogP contribution is -2.17. The summed E-state index contributed by atoms with van der Waals surface area (Å²) in [5, 5.41) is 14.0. The smallest absolute Gasteiger partial charge is 0.412 e. The third kappa shape index (κ3) is 4.32. The highest BCUT2D eigenvalue weighted by Gasteiger charge is 2.53. The average molecular weight is 543 g/mol. The van der Waals surface area contributed by atoms with Crippen molar-refractivity contribution in [2.75, 3.05) is 5.32 Å². The van der Waals surface area contributed by atoms with E-state index in [4.69, 9.17) is 9.15 Å². The van der Waals surface area contributed by atoms with Crippen LogP contribution in [0.2, 0.25) is 0 Å². The fourth-order valence-corrected chi connectivity index (χ4v) is 7.03. The summed E-state index contributed by atoms with van der Waals surface area (Å²) in [7, 11) is 0. The Morgan fingerprint density at radius 2 is 1.97 bits per heavy atom. The summed E-state index contributed by atoms with van der Waals surface area (Å²) in [4.78, 5) is 30.5. The summed E-state index contributed by atoms with van der Waals surface area (Å²) in [5.41, 5.74) is 2.02. The molecule has 1 amide bonds. The minimum absolute atomic E-state index is 0.277. The number of nitrogens with one attached hydrogen (secondary N) is 1. The van der Waals surface area contributed by atoms with Crippen LogP contribution in [-0.2, 0) is 14.9 Å². The van der Waals surface area contributed by atoms with Crippen LogP contribution in [0.3, 0.4) is 0 Å². The molecular formula is C29H22N2O5S2. The fraction of sp³-hybridized carbons (Fsp3) is 0.207. The van der Waals surface area contributed by atoms with Crippen LogP contribution in [0.15, 0.2) is 59.1 Å². The lowest BCUT2D eigenvalue weighted by Gasteiger charge is -2.16. The molecule has 190 valence electrons. The molecule has 1 unspecified atom stereocenters. The third-order valence-corrected chi connectivity index (χ3v) is 9.26. The van der Waals surface area contributed by atoms with Crippen molar-refractivity contribution in [3.05, 3.63) is 81.4 Å². The zero-order valence-electron chi connectivity index (χ0n) is 20.5. The molecular weight excluding hydrogens is 520 g/mol. The van der Waals surface area contributed by atoms with E-state index in [0.29, 0.717) is 29.6 Å². The molecule has 0 bridgehead atoms. The molecule has 6 rings (SSSR count). The number of hydrogen-bond donors (Lipinski definition) is 2. The molecule has 0 spiro atoms. The molecule has 0 radical (unpaired) electrons. The first-order chi connectivity index (χ1) is 18.3. The molecule has 4 aromatic heterocycles. The normalized spacial score (nSPS) is 14.6. The van der Waals surface area contributed by atoms with Gasteiger partial charge < -0.3 is 14.3 Å². The summed E-state index contributed by atoms with van der Waals surface area (Å²) in [5.74, 6) is 5.69. The number of aryl methyl sites for hydroxylation is 1. The number of aromatic nitrogens is 1. The van der Waals surface area contributed by atoms with Gasteiger partial charge in [0.25, 0.3) is 0 Å². The maximum Gasteiger partial charge on any atom is 0.412 e. The molecule has 1 aliphatic carbocycles. The van der Waals surface area contributed by atoms with Crippen molar-refractivity contribution in [3.8, 4) is 11.8 Å². The number of furan rings is 1. The largest absolute Gasteiger partial charge is 0.481 e. The third-order valence-electron chi connectivity index (χ3n) is 6.75. The van der Waals surface area contributed by atoms with Gasteiger partial charge in [-0.2, -0.15) is 0 Å². The fourth-order valence-electron chi connectivity index (χ4n) is 4.49. The Balaban J connectivity index is 1.26. The van der Waals surface area contributed by atoms with Gasteiger partial charge in [-0.1, -0.05) is 24.3 Å². The molecule has 0 aliphatic heterocycles. The Bertz CT molecular complexity index is 1750. The number of fused-ring (bicyclic) bond motifs is 2. The van der Waals surface area contributed by atoms with Crippen LogP contribution in [0.5, 0.6) is 0 Å². The van der Waals surface area contributed by atoms with E-state index < -0.39 is 23.6 Å². The maximum atomic E-state index is 12.8. The first-order valence-corrected chi connectivity index (χ1v) is 13.7. The van der Waals surface area contributed by atoms with Crippen LogP contribution >= 0.6 is 22.7 Å². The average Bonchev–Trinajstić information content (AvgIpc) is 3.32. The van der Waals surface area contributed by atoms with Gasteiger partial charge in [-0.25, -0.2) is 9.78 Å². The van der Waals surface area contributed by atoms with Gasteiger partial charge in [-0.05, 0) is 73.9 Å². The molecule has 1 atom stereocenters. The molecule has 38 heavy (non-hydrogen) atoms. The first-order valence-electron chi connectivity index (χ1n) is 12.0. The Labute approximate surface area is 226 Å². The van der Waals surface area contributed by atoms with Gasteiger partial charge in [0.15, 0.2) is 0 Å². The van der Waals surface area contributed by atoms with Crippen molar-refractivity contribution in [3.63, 3.8) is 0 Å². The molecule has 1 fully saturated rings. The Hall–Kier alpha value is -4.13. The number of carboxylic acid groups (broad SMARTS) is 1. The van der Waals surface area contributed by atoms with E-state index in [1.54, 1.807) is 18.3 Å². The van der Waals surface area contributed by atoms with E-state index in [1.165, 1.54) is 22.7 Å². The quantitative estimate of drug-likeness (QED) is 0.227. The Morgan fingerprint density at radius 3 is 2.71 bits per heavy atom. The first kappa shape index (κ1) is 24.2. The lowest BCUT2D eigenvalue weighted by atomic mass is 10.1. The van der Waals surface area contributed by atoms with E-state index in [-0.39, 0.29) is 5.76 Å². The van der Waals surface area contributed by atoms with Gasteiger partial charge in [0, 0.05) is 16.5 Å². The number of aliphatic carboxylic acids is 1. The molecule has 0 saturated heterocycles. The monoisotopic (exact) mass is 542 g/mol. The standard InChI is InChI=1S/C29H22N2O5S2/c1-16-6-3-4-7-20(16)17(2)35-28(34)31-24-21-8-5-13-30-25(21)36-22(24)10-9-19-14-18-15-23(38-26(18)37-19)29(11-12-29)27(32)33/h3-8,13-15,17H,11-12H2,1-2H3,(H,31,34)(H,32,33). The number of hydrogen-bond acceptors (Lipinski definition) is 7. The van der Waals surface area contributed by atoms with E-state index in [1.807, 2.05) is 50.2 Å². The molecule has 4 heterocycles. The van der Waals surface area contributed by atoms with Crippen LogP contribution < -0.4 is 5.32 Å². The zero-order chi connectivity index (χ0) is 26.4. The van der Waals surface area contributed by atoms with Crippen LogP contribution in [0, 0.1) is 18.8 Å². The second-order valence-corrected chi connectivity index (χ2v) is 11.7. The minimum atomic E-state index is -0.753. The Kier molecular flexibility index (Phi) is 5.94. The number of benzene rings is 1. The van der Waals surface area contributed by atoms with Gasteiger partial charge in [0.2, 0.25) is 11.5 Å². The van der Waals surface area contributed by atoms with Gasteiger partial charge in [0.05, 0.1) is 14.3 Å². The predicted octanol–water partition coefficient (Wildman–Crippen LogP) is 7.24. The molecule has 1 aliphatic rings. The molecule has 2 N–H and O–H groups in total. The van der Waals surface area contributed by atoms with Gasteiger partial charge >= 0.3 is 12.1 Å². The number of pyridine rings is 1. The van der Waals surface area contributed by atoms with Gasteiger partial charge in [-0.3, -0.25) is 10.1 Å². The number of rotatable bonds is 5. The highest BCUT2D eigenvalue weighted by Crippen LogP contribution is 2.52. The number of nitrogens with zero attached hydrogens (tertiary/aromatic N) is 1. The lowest BCUT2D eigenvalue weighted by molar-refractivity contribution is -0.139. The van der Waals surface area contributed by atoms with Crippen molar-refractivity contribution in [1.82, 2.24) is 4.98 Å². The summed E-state index contributed by atoms with van der Waals surface area (Å²) in [6, 6.07) is 15.2. The van der Waals surface area contributed by atoms with E-state index >= 15 is 0 Å². The van der Waals surface area contributed by atoms with E-state index in [0.717, 1.165) is 30.3 Å². The maximum absolute atomic E-state index is 12.8. The van der Waals surface area contributed by atoms with Crippen molar-refractivity contribution in [2.45, 2.75) is 38.2 Å². The predicted molar refractivity (Wildman–Crippen MR) is 148 cm³/mol. The van der Waals surface area contributed by atoms with Crippen molar-refractivity contribution < 1.29 is 23.8 Å². The second-order valence-electron chi connectivity index (χ2n) is 9.29. The molecule has 1 aromatic carbocycles. The number of anilines is 1. The summed E-state index contributed by atoms with van der Waals surface area (Å²) in [6.07, 6.45) is 1.92. The van der Waals surface area contributed by atoms with Gasteiger partial charge in [0.1, 0.15) is 17.2 Å². The highest BCUT2D eigenvalue weighted by atomic mass is 32.2. The summed E-state index contributed by atoms with van der Waals surface area (Å²) < 4.78 is 12.6. The molecule has 5 aromatic rings. The van der Waals surface area contributed by atoms with Crippen molar-refractivity contribution in [1.29, 1.82) is 0 Å². The number of carbonyl (C=O) groups is 2. The number of carboxylic acids is 1. The number of ether oxygens (including phenoxy) is 1.